The summed E-state index contributed by atoms with van der Waals surface area (Å²) in [5.74, 6) is -0.519. The fraction of sp³-hybridized carbons (Fsp3) is 0.438. The van der Waals surface area contributed by atoms with Crippen LogP contribution in [0.15, 0.2) is 30.5 Å². The second-order valence-corrected chi connectivity index (χ2v) is 5.86. The van der Waals surface area contributed by atoms with Crippen molar-refractivity contribution in [3.05, 3.63) is 47.5 Å². The third-order valence-corrected chi connectivity index (χ3v) is 4.07. The first-order valence-electron chi connectivity index (χ1n) is 7.76. The lowest BCUT2D eigenvalue weighted by molar-refractivity contribution is 0.0779. The molecular weight excluding hydrogens is 333 g/mol. The van der Waals surface area contributed by atoms with Gasteiger partial charge in [0.1, 0.15) is 5.82 Å². The predicted molar refractivity (Wildman–Crippen MR) is 90.6 cm³/mol. The van der Waals surface area contributed by atoms with Crippen molar-refractivity contribution in [2.45, 2.75) is 25.4 Å². The van der Waals surface area contributed by atoms with Crippen molar-refractivity contribution in [1.82, 2.24) is 25.2 Å². The molecule has 0 atom stereocenters. The Kier molecular flexibility index (Phi) is 6.28. The molecule has 3 rings (SSSR count). The Labute approximate surface area is 146 Å². The number of carbonyl (C=O) groups is 1. The van der Waals surface area contributed by atoms with Gasteiger partial charge in [0, 0.05) is 13.6 Å². The number of aromatic nitrogens is 3. The molecule has 0 unspecified atom stereocenters. The highest BCUT2D eigenvalue weighted by Crippen LogP contribution is 2.17. The van der Waals surface area contributed by atoms with Crippen LogP contribution < -0.4 is 5.32 Å². The number of nitrogens with one attached hydrogen (secondary N) is 1. The van der Waals surface area contributed by atoms with Crippen molar-refractivity contribution in [3.63, 3.8) is 0 Å². The van der Waals surface area contributed by atoms with Gasteiger partial charge >= 0.3 is 0 Å². The van der Waals surface area contributed by atoms with E-state index in [-0.39, 0.29) is 24.1 Å². The van der Waals surface area contributed by atoms with Gasteiger partial charge in [-0.25, -0.2) is 9.07 Å². The summed E-state index contributed by atoms with van der Waals surface area (Å²) in [7, 11) is 1.68. The van der Waals surface area contributed by atoms with E-state index < -0.39 is 0 Å². The lowest BCUT2D eigenvalue weighted by atomic mass is 10.1. The monoisotopic (exact) mass is 353 g/mol. The van der Waals surface area contributed by atoms with Gasteiger partial charge in [-0.3, -0.25) is 4.79 Å². The fourth-order valence-electron chi connectivity index (χ4n) is 2.80. The number of piperidine rings is 1. The number of nitrogens with zero attached hydrogens (tertiary/aromatic N) is 4. The van der Waals surface area contributed by atoms with Crippen LogP contribution in [0.3, 0.4) is 0 Å². The minimum Gasteiger partial charge on any atom is -0.336 e. The normalized spacial score (nSPS) is 14.9. The summed E-state index contributed by atoms with van der Waals surface area (Å²) in [6.45, 7) is 2.23. The van der Waals surface area contributed by atoms with Crippen LogP contribution in [0.2, 0.25) is 0 Å². The van der Waals surface area contributed by atoms with Gasteiger partial charge in [0.05, 0.1) is 12.2 Å². The molecule has 6 nitrogen and oxygen atoms in total. The van der Waals surface area contributed by atoms with E-state index in [0.29, 0.717) is 18.3 Å². The van der Waals surface area contributed by atoms with E-state index in [0.717, 1.165) is 31.5 Å². The van der Waals surface area contributed by atoms with E-state index in [4.69, 9.17) is 0 Å². The summed E-state index contributed by atoms with van der Waals surface area (Å²) in [4.78, 5) is 14.0. The molecule has 1 fully saturated rings. The van der Waals surface area contributed by atoms with Crippen LogP contribution in [0, 0.1) is 5.82 Å². The predicted octanol–water partition coefficient (Wildman–Crippen LogP) is 2.04. The zero-order chi connectivity index (χ0) is 16.2. The fourth-order valence-corrected chi connectivity index (χ4v) is 2.80. The Morgan fingerprint density at radius 2 is 2.17 bits per heavy atom. The average molecular weight is 354 g/mol. The summed E-state index contributed by atoms with van der Waals surface area (Å²) in [5.41, 5.74) is 1.06. The van der Waals surface area contributed by atoms with Gasteiger partial charge < -0.3 is 10.2 Å². The van der Waals surface area contributed by atoms with Crippen molar-refractivity contribution in [3.8, 4) is 0 Å². The lowest BCUT2D eigenvalue weighted by Gasteiger charge is -2.22. The topological polar surface area (TPSA) is 63.1 Å². The molecule has 0 bridgehead atoms. The van der Waals surface area contributed by atoms with Gasteiger partial charge in [0.15, 0.2) is 5.69 Å². The van der Waals surface area contributed by atoms with Crippen LogP contribution in [-0.2, 0) is 6.54 Å². The summed E-state index contributed by atoms with van der Waals surface area (Å²) >= 11 is 0. The molecule has 0 saturated carbocycles. The molecule has 0 spiro atoms. The standard InChI is InChI=1S/C16H20FN5O.ClH/c1-21(10-12-3-2-4-13(17)9-12)16(23)15-11-22(20-19-15)14-5-7-18-8-6-14;/h2-4,9,11,14,18H,5-8,10H2,1H3;1H. The van der Waals surface area contributed by atoms with Crippen LogP contribution in [0.25, 0.3) is 0 Å². The van der Waals surface area contributed by atoms with Gasteiger partial charge in [-0.05, 0) is 43.6 Å². The highest BCUT2D eigenvalue weighted by atomic mass is 35.5. The molecule has 1 amide bonds. The molecule has 2 heterocycles. The molecule has 0 radical (unpaired) electrons. The number of halogens is 2. The molecule has 2 aromatic rings. The minimum absolute atomic E-state index is 0. The smallest absolute Gasteiger partial charge is 0.276 e. The number of amides is 1. The molecule has 24 heavy (non-hydrogen) atoms. The third kappa shape index (κ3) is 4.30. The Balaban J connectivity index is 0.00000208. The molecule has 0 aliphatic carbocycles. The van der Waals surface area contributed by atoms with Gasteiger partial charge in [-0.15, -0.1) is 17.5 Å². The van der Waals surface area contributed by atoms with Crippen molar-refractivity contribution in [2.75, 3.05) is 20.1 Å². The number of hydrogen-bond acceptors (Lipinski definition) is 4. The quantitative estimate of drug-likeness (QED) is 0.913. The highest BCUT2D eigenvalue weighted by molar-refractivity contribution is 5.91. The van der Waals surface area contributed by atoms with Gasteiger partial charge in [-0.2, -0.15) is 0 Å². The maximum Gasteiger partial charge on any atom is 0.276 e. The van der Waals surface area contributed by atoms with Crippen molar-refractivity contribution < 1.29 is 9.18 Å². The van der Waals surface area contributed by atoms with E-state index >= 15 is 0 Å². The molecule has 130 valence electrons. The van der Waals surface area contributed by atoms with Crippen LogP contribution in [-0.4, -0.2) is 45.9 Å². The average Bonchev–Trinajstić information content (AvgIpc) is 3.05. The zero-order valence-electron chi connectivity index (χ0n) is 13.5. The van der Waals surface area contributed by atoms with Crippen LogP contribution in [0.1, 0.15) is 34.9 Å². The first-order chi connectivity index (χ1) is 11.1. The van der Waals surface area contributed by atoms with Gasteiger partial charge in [0.25, 0.3) is 5.91 Å². The third-order valence-electron chi connectivity index (χ3n) is 4.07. The minimum atomic E-state index is -0.305. The highest BCUT2D eigenvalue weighted by Gasteiger charge is 2.20. The largest absolute Gasteiger partial charge is 0.336 e. The molecular formula is C16H21ClFN5O. The summed E-state index contributed by atoms with van der Waals surface area (Å²) < 4.78 is 15.0. The van der Waals surface area contributed by atoms with Crippen molar-refractivity contribution >= 4 is 18.3 Å². The Morgan fingerprint density at radius 3 is 2.88 bits per heavy atom. The number of benzene rings is 1. The first-order valence-corrected chi connectivity index (χ1v) is 7.76. The molecule has 8 heteroatoms. The summed E-state index contributed by atoms with van der Waals surface area (Å²) in [5, 5.41) is 11.4. The second-order valence-electron chi connectivity index (χ2n) is 5.86. The maximum atomic E-state index is 13.2. The second kappa shape index (κ2) is 8.21. The molecule has 1 N–H and O–H groups in total. The number of hydrogen-bond donors (Lipinski definition) is 1. The molecule has 1 aliphatic rings. The van der Waals surface area contributed by atoms with Gasteiger partial charge in [-0.1, -0.05) is 17.3 Å². The lowest BCUT2D eigenvalue weighted by Crippen LogP contribution is -2.29. The molecule has 1 aliphatic heterocycles. The molecule has 1 aromatic carbocycles. The van der Waals surface area contributed by atoms with E-state index in [9.17, 15) is 9.18 Å². The first kappa shape index (κ1) is 18.4. The van der Waals surface area contributed by atoms with E-state index in [1.54, 1.807) is 30.1 Å². The Morgan fingerprint density at radius 1 is 1.42 bits per heavy atom. The Bertz CT molecular complexity index is 687. The summed E-state index contributed by atoms with van der Waals surface area (Å²) in [6.07, 6.45) is 3.67. The number of rotatable bonds is 4. The molecule has 1 saturated heterocycles. The van der Waals surface area contributed by atoms with Crippen LogP contribution >= 0.6 is 12.4 Å². The molecule has 1 aromatic heterocycles. The van der Waals surface area contributed by atoms with Gasteiger partial charge in [0.2, 0.25) is 0 Å². The zero-order valence-corrected chi connectivity index (χ0v) is 14.3. The SMILES string of the molecule is CN(Cc1cccc(F)c1)C(=O)c1cn(C2CCNCC2)nn1.Cl. The van der Waals surface area contributed by atoms with Crippen LogP contribution in [0.5, 0.6) is 0 Å². The summed E-state index contributed by atoms with van der Waals surface area (Å²) in [6, 6.07) is 6.53. The van der Waals surface area contributed by atoms with E-state index in [2.05, 4.69) is 15.6 Å². The van der Waals surface area contributed by atoms with E-state index in [1.165, 1.54) is 17.0 Å². The van der Waals surface area contributed by atoms with Crippen LogP contribution in [0.4, 0.5) is 4.39 Å². The van der Waals surface area contributed by atoms with Crippen molar-refractivity contribution in [1.29, 1.82) is 0 Å². The maximum absolute atomic E-state index is 13.2. The van der Waals surface area contributed by atoms with E-state index in [1.807, 2.05) is 0 Å². The number of carbonyl (C=O) groups excluding carboxylic acids is 1. The Hall–Kier alpha value is -1.99. The van der Waals surface area contributed by atoms with Crippen molar-refractivity contribution in [2.24, 2.45) is 0 Å².